The Morgan fingerprint density at radius 3 is 2.31 bits per heavy atom. The van der Waals surface area contributed by atoms with E-state index in [1.807, 2.05) is 20.8 Å². The van der Waals surface area contributed by atoms with Crippen LogP contribution in [0.25, 0.3) is 0 Å². The van der Waals surface area contributed by atoms with Gasteiger partial charge in [-0.2, -0.15) is 13.7 Å². The molecule has 1 amide bonds. The molecule has 1 aliphatic rings. The highest BCUT2D eigenvalue weighted by Crippen LogP contribution is 2.41. The Hall–Kier alpha value is -2.11. The smallest absolute Gasteiger partial charge is 0.410 e. The molecule has 29 heavy (non-hydrogen) atoms. The third-order valence-corrected chi connectivity index (χ3v) is 6.24. The van der Waals surface area contributed by atoms with Crippen molar-refractivity contribution in [1.29, 1.82) is 5.26 Å². The standard InChI is InChI=1S/C21H30N2O5S/c1-16-7-9-17(10-8-16)29(25,26)27-15-21(14-22)11-12-23(20(5,6)13-21)18(24)28-19(2,3)4/h7-10H,11-13,15H2,1-6H3. The summed E-state index contributed by atoms with van der Waals surface area (Å²) in [7, 11) is -3.97. The zero-order valence-electron chi connectivity index (χ0n) is 18.0. The van der Waals surface area contributed by atoms with Crippen LogP contribution >= 0.6 is 0 Å². The zero-order chi connectivity index (χ0) is 22.1. The fraction of sp³-hybridized carbons (Fsp3) is 0.619. The third-order valence-electron chi connectivity index (χ3n) is 4.97. The van der Waals surface area contributed by atoms with Crippen LogP contribution in [0.1, 0.15) is 53.0 Å². The van der Waals surface area contributed by atoms with Crippen molar-refractivity contribution in [2.24, 2.45) is 5.41 Å². The lowest BCUT2D eigenvalue weighted by atomic mass is 9.72. The number of nitrogens with zero attached hydrogens (tertiary/aromatic N) is 2. The summed E-state index contributed by atoms with van der Waals surface area (Å²) >= 11 is 0. The maximum absolute atomic E-state index is 12.6. The minimum Gasteiger partial charge on any atom is -0.444 e. The number of likely N-dealkylation sites (tertiary alicyclic amines) is 1. The van der Waals surface area contributed by atoms with Crippen LogP contribution in [0.15, 0.2) is 29.2 Å². The second-order valence-electron chi connectivity index (χ2n) is 9.29. The molecule has 1 aromatic carbocycles. The predicted octanol–water partition coefficient (Wildman–Crippen LogP) is 4.02. The third kappa shape index (κ3) is 5.71. The number of carbonyl (C=O) groups excluding carboxylic acids is 1. The monoisotopic (exact) mass is 422 g/mol. The van der Waals surface area contributed by atoms with Crippen LogP contribution in [0.5, 0.6) is 0 Å². The van der Waals surface area contributed by atoms with Gasteiger partial charge in [-0.15, -0.1) is 0 Å². The summed E-state index contributed by atoms with van der Waals surface area (Å²) in [5.41, 5.74) is -1.39. The van der Waals surface area contributed by atoms with Crippen molar-refractivity contribution in [2.45, 2.75) is 70.4 Å². The van der Waals surface area contributed by atoms with E-state index in [0.717, 1.165) is 5.56 Å². The number of benzene rings is 1. The van der Waals surface area contributed by atoms with Gasteiger partial charge in [-0.1, -0.05) is 17.7 Å². The number of amides is 1. The minimum absolute atomic E-state index is 0.0571. The molecule has 8 heteroatoms. The highest BCUT2D eigenvalue weighted by atomic mass is 32.2. The van der Waals surface area contributed by atoms with Crippen LogP contribution in [0.2, 0.25) is 0 Å². The number of rotatable bonds is 4. The topological polar surface area (TPSA) is 96.7 Å². The first-order valence-corrected chi connectivity index (χ1v) is 11.0. The molecular formula is C21H30N2O5S. The van der Waals surface area contributed by atoms with Gasteiger partial charge in [-0.05, 0) is 66.5 Å². The first-order valence-electron chi connectivity index (χ1n) is 9.58. The lowest BCUT2D eigenvalue weighted by Crippen LogP contribution is -2.57. The van der Waals surface area contributed by atoms with E-state index in [0.29, 0.717) is 6.42 Å². The number of nitriles is 1. The lowest BCUT2D eigenvalue weighted by molar-refractivity contribution is -0.0300. The van der Waals surface area contributed by atoms with Crippen LogP contribution in [-0.4, -0.2) is 43.7 Å². The van der Waals surface area contributed by atoms with Crippen LogP contribution in [0.3, 0.4) is 0 Å². The number of hydrogen-bond donors (Lipinski definition) is 0. The van der Waals surface area contributed by atoms with E-state index in [4.69, 9.17) is 8.92 Å². The molecule has 0 radical (unpaired) electrons. The molecule has 1 heterocycles. The molecule has 0 aliphatic carbocycles. The second kappa shape index (κ2) is 7.96. The molecule has 1 saturated heterocycles. The Kier molecular flexibility index (Phi) is 6.36. The first kappa shape index (κ1) is 23.2. The summed E-state index contributed by atoms with van der Waals surface area (Å²) in [6.07, 6.45) is 0.136. The molecule has 160 valence electrons. The summed E-state index contributed by atoms with van der Waals surface area (Å²) in [5, 5.41) is 9.83. The number of aryl methyl sites for hydroxylation is 1. The van der Waals surface area contributed by atoms with E-state index in [2.05, 4.69) is 6.07 Å². The largest absolute Gasteiger partial charge is 0.444 e. The van der Waals surface area contributed by atoms with Crippen LogP contribution in [0.4, 0.5) is 4.79 Å². The number of piperidine rings is 1. The Bertz CT molecular complexity index is 894. The zero-order valence-corrected chi connectivity index (χ0v) is 18.8. The fourth-order valence-corrected chi connectivity index (χ4v) is 4.50. The molecule has 1 unspecified atom stereocenters. The molecule has 0 spiro atoms. The molecule has 0 aromatic heterocycles. The molecule has 7 nitrogen and oxygen atoms in total. The van der Waals surface area contributed by atoms with E-state index in [1.54, 1.807) is 37.8 Å². The molecule has 1 atom stereocenters. The van der Waals surface area contributed by atoms with Crippen molar-refractivity contribution in [1.82, 2.24) is 4.90 Å². The first-order chi connectivity index (χ1) is 13.2. The summed E-state index contributed by atoms with van der Waals surface area (Å²) in [6.45, 7) is 11.0. The van der Waals surface area contributed by atoms with E-state index in [9.17, 15) is 18.5 Å². The van der Waals surface area contributed by atoms with Gasteiger partial charge in [-0.25, -0.2) is 4.79 Å². The van der Waals surface area contributed by atoms with Crippen LogP contribution in [0, 0.1) is 23.7 Å². The average molecular weight is 423 g/mol. The Labute approximate surface area is 173 Å². The molecule has 1 aromatic rings. The Morgan fingerprint density at radius 2 is 1.83 bits per heavy atom. The van der Waals surface area contributed by atoms with Gasteiger partial charge in [0.15, 0.2) is 0 Å². The Morgan fingerprint density at radius 1 is 1.24 bits per heavy atom. The van der Waals surface area contributed by atoms with Crippen molar-refractivity contribution in [2.75, 3.05) is 13.2 Å². The highest BCUT2D eigenvalue weighted by Gasteiger charge is 2.48. The lowest BCUT2D eigenvalue weighted by Gasteiger charge is -2.48. The second-order valence-corrected chi connectivity index (χ2v) is 10.9. The van der Waals surface area contributed by atoms with E-state index >= 15 is 0 Å². The van der Waals surface area contributed by atoms with Crippen LogP contribution in [-0.2, 0) is 19.0 Å². The van der Waals surface area contributed by atoms with Crippen molar-refractivity contribution in [3.8, 4) is 6.07 Å². The summed E-state index contributed by atoms with van der Waals surface area (Å²) in [4.78, 5) is 14.2. The van der Waals surface area contributed by atoms with Crippen molar-refractivity contribution in [3.05, 3.63) is 29.8 Å². The molecule has 2 rings (SSSR count). The van der Waals surface area contributed by atoms with Gasteiger partial charge in [0.05, 0.1) is 23.0 Å². The van der Waals surface area contributed by atoms with Gasteiger partial charge < -0.3 is 9.64 Å². The van der Waals surface area contributed by atoms with Crippen LogP contribution < -0.4 is 0 Å². The Balaban J connectivity index is 2.14. The summed E-state index contributed by atoms with van der Waals surface area (Å²) in [5.74, 6) is 0. The number of ether oxygens (including phenoxy) is 1. The maximum Gasteiger partial charge on any atom is 0.410 e. The molecule has 1 aliphatic heterocycles. The normalized spacial score (nSPS) is 22.0. The summed E-state index contributed by atoms with van der Waals surface area (Å²) in [6, 6.07) is 8.60. The van der Waals surface area contributed by atoms with Gasteiger partial charge in [0.25, 0.3) is 10.1 Å². The quantitative estimate of drug-likeness (QED) is 0.680. The number of hydrogen-bond acceptors (Lipinski definition) is 6. The van der Waals surface area contributed by atoms with E-state index in [1.165, 1.54) is 12.1 Å². The van der Waals surface area contributed by atoms with Gasteiger partial charge in [0.2, 0.25) is 0 Å². The molecule has 0 N–H and O–H groups in total. The molecule has 0 saturated carbocycles. The van der Waals surface area contributed by atoms with Gasteiger partial charge in [-0.3, -0.25) is 4.18 Å². The van der Waals surface area contributed by atoms with E-state index in [-0.39, 0.29) is 24.5 Å². The molecular weight excluding hydrogens is 392 g/mol. The van der Waals surface area contributed by atoms with E-state index < -0.39 is 32.8 Å². The van der Waals surface area contributed by atoms with Crippen molar-refractivity contribution < 1.29 is 22.1 Å². The molecule has 0 bridgehead atoms. The maximum atomic E-state index is 12.6. The predicted molar refractivity (Wildman–Crippen MR) is 109 cm³/mol. The SMILES string of the molecule is Cc1ccc(S(=O)(=O)OCC2(C#N)CCN(C(=O)OC(C)(C)C)C(C)(C)C2)cc1. The average Bonchev–Trinajstić information content (AvgIpc) is 2.58. The van der Waals surface area contributed by atoms with Gasteiger partial charge in [0.1, 0.15) is 5.60 Å². The summed E-state index contributed by atoms with van der Waals surface area (Å²) < 4.78 is 35.8. The van der Waals surface area contributed by atoms with Crippen molar-refractivity contribution >= 4 is 16.2 Å². The highest BCUT2D eigenvalue weighted by molar-refractivity contribution is 7.86. The van der Waals surface area contributed by atoms with Crippen molar-refractivity contribution in [3.63, 3.8) is 0 Å². The number of carbonyl (C=O) groups is 1. The van der Waals surface area contributed by atoms with Gasteiger partial charge in [0, 0.05) is 12.1 Å². The van der Waals surface area contributed by atoms with Gasteiger partial charge >= 0.3 is 6.09 Å². The molecule has 1 fully saturated rings. The fourth-order valence-electron chi connectivity index (χ4n) is 3.51. The minimum atomic E-state index is -3.97.